The molecule has 0 aliphatic rings. The third kappa shape index (κ3) is 4.84. The summed E-state index contributed by atoms with van der Waals surface area (Å²) >= 11 is 2.27. The van der Waals surface area contributed by atoms with Gasteiger partial charge in [-0.15, -0.1) is 0 Å². The van der Waals surface area contributed by atoms with Crippen LogP contribution in [0.5, 0.6) is 0 Å². The van der Waals surface area contributed by atoms with Crippen LogP contribution in [-0.2, 0) is 4.79 Å². The molecule has 4 nitrogen and oxygen atoms in total. The molecule has 5 heteroatoms. The van der Waals surface area contributed by atoms with E-state index in [-0.39, 0.29) is 11.9 Å². The number of hydrazone groups is 1. The van der Waals surface area contributed by atoms with Gasteiger partial charge in [-0.1, -0.05) is 30.3 Å². The fourth-order valence-corrected chi connectivity index (χ4v) is 2.54. The number of carbonyl (C=O) groups excluding carboxylic acids is 1. The fourth-order valence-electron chi connectivity index (χ4n) is 1.89. The minimum atomic E-state index is -0.369. The molecule has 0 saturated carbocycles. The first-order valence-corrected chi connectivity index (χ1v) is 8.05. The Kier molecular flexibility index (Phi) is 5.94. The van der Waals surface area contributed by atoms with E-state index in [1.165, 1.54) is 3.57 Å². The molecule has 0 aliphatic carbocycles. The smallest absolute Gasteiger partial charge is 0.262 e. The van der Waals surface area contributed by atoms with Crippen molar-refractivity contribution in [3.63, 3.8) is 0 Å². The Morgan fingerprint density at radius 3 is 2.64 bits per heavy atom. The Morgan fingerprint density at radius 2 is 1.95 bits per heavy atom. The van der Waals surface area contributed by atoms with E-state index in [1.807, 2.05) is 56.3 Å². The molecule has 22 heavy (non-hydrogen) atoms. The zero-order valence-electron chi connectivity index (χ0n) is 12.5. The SMILES string of the molecule is Cc1cc(I)ccc1NC(C)C(=O)N/N=C/c1ccccc1. The lowest BCUT2D eigenvalue weighted by Gasteiger charge is -2.15. The third-order valence-corrected chi connectivity index (χ3v) is 3.81. The summed E-state index contributed by atoms with van der Waals surface area (Å²) < 4.78 is 1.17. The summed E-state index contributed by atoms with van der Waals surface area (Å²) in [6.45, 7) is 3.83. The molecule has 0 aliphatic heterocycles. The summed E-state index contributed by atoms with van der Waals surface area (Å²) in [4.78, 5) is 12.0. The topological polar surface area (TPSA) is 53.5 Å². The highest BCUT2D eigenvalue weighted by Crippen LogP contribution is 2.18. The van der Waals surface area contributed by atoms with Crippen molar-refractivity contribution in [1.82, 2.24) is 5.43 Å². The molecule has 0 bridgehead atoms. The fraction of sp³-hybridized carbons (Fsp3) is 0.176. The van der Waals surface area contributed by atoms with E-state index in [0.29, 0.717) is 0 Å². The van der Waals surface area contributed by atoms with Crippen LogP contribution in [0.3, 0.4) is 0 Å². The van der Waals surface area contributed by atoms with Crippen molar-refractivity contribution < 1.29 is 4.79 Å². The van der Waals surface area contributed by atoms with E-state index in [0.717, 1.165) is 16.8 Å². The second-order valence-corrected chi connectivity index (χ2v) is 6.22. The van der Waals surface area contributed by atoms with Gasteiger partial charge in [0.2, 0.25) is 0 Å². The molecule has 0 saturated heterocycles. The number of nitrogens with zero attached hydrogens (tertiary/aromatic N) is 1. The molecule has 1 atom stereocenters. The van der Waals surface area contributed by atoms with E-state index >= 15 is 0 Å². The van der Waals surface area contributed by atoms with Gasteiger partial charge < -0.3 is 5.32 Å². The van der Waals surface area contributed by atoms with Crippen LogP contribution in [0.15, 0.2) is 53.6 Å². The highest BCUT2D eigenvalue weighted by Gasteiger charge is 2.12. The maximum Gasteiger partial charge on any atom is 0.262 e. The minimum Gasteiger partial charge on any atom is -0.374 e. The summed E-state index contributed by atoms with van der Waals surface area (Å²) in [5.41, 5.74) is 5.55. The van der Waals surface area contributed by atoms with E-state index in [4.69, 9.17) is 0 Å². The van der Waals surface area contributed by atoms with E-state index in [1.54, 1.807) is 6.21 Å². The van der Waals surface area contributed by atoms with Crippen molar-refractivity contribution in [2.75, 3.05) is 5.32 Å². The van der Waals surface area contributed by atoms with E-state index in [9.17, 15) is 4.79 Å². The van der Waals surface area contributed by atoms with Gasteiger partial charge in [-0.25, -0.2) is 5.43 Å². The molecule has 2 rings (SSSR count). The maximum absolute atomic E-state index is 12.0. The predicted molar refractivity (Wildman–Crippen MR) is 99.2 cm³/mol. The van der Waals surface area contributed by atoms with Crippen molar-refractivity contribution in [2.45, 2.75) is 19.9 Å². The zero-order valence-corrected chi connectivity index (χ0v) is 14.7. The van der Waals surface area contributed by atoms with E-state index in [2.05, 4.69) is 44.5 Å². The number of nitrogens with one attached hydrogen (secondary N) is 2. The number of carbonyl (C=O) groups is 1. The van der Waals surface area contributed by atoms with Crippen LogP contribution in [0.25, 0.3) is 0 Å². The molecule has 0 heterocycles. The molecular weight excluding hydrogens is 389 g/mol. The number of hydrogen-bond acceptors (Lipinski definition) is 3. The average Bonchev–Trinajstić information content (AvgIpc) is 2.51. The number of amides is 1. The predicted octanol–water partition coefficient (Wildman–Crippen LogP) is 3.55. The highest BCUT2D eigenvalue weighted by atomic mass is 127. The molecule has 0 aromatic heterocycles. The van der Waals surface area contributed by atoms with Crippen LogP contribution in [0.2, 0.25) is 0 Å². The third-order valence-electron chi connectivity index (χ3n) is 3.14. The van der Waals surface area contributed by atoms with Gasteiger partial charge in [0.05, 0.1) is 6.21 Å². The molecule has 1 unspecified atom stereocenters. The Morgan fingerprint density at radius 1 is 1.23 bits per heavy atom. The van der Waals surface area contributed by atoms with Crippen LogP contribution in [-0.4, -0.2) is 18.2 Å². The maximum atomic E-state index is 12.0. The van der Waals surface area contributed by atoms with Crippen molar-refractivity contribution in [1.29, 1.82) is 0 Å². The lowest BCUT2D eigenvalue weighted by atomic mass is 10.2. The van der Waals surface area contributed by atoms with Crippen molar-refractivity contribution >= 4 is 40.4 Å². The summed E-state index contributed by atoms with van der Waals surface area (Å²) in [5.74, 6) is -0.176. The Labute approximate surface area is 144 Å². The number of anilines is 1. The van der Waals surface area contributed by atoms with Crippen LogP contribution in [0, 0.1) is 10.5 Å². The molecule has 0 spiro atoms. The van der Waals surface area contributed by atoms with Gasteiger partial charge in [0, 0.05) is 9.26 Å². The van der Waals surface area contributed by atoms with Gasteiger partial charge in [-0.05, 0) is 65.8 Å². The quantitative estimate of drug-likeness (QED) is 0.453. The molecule has 114 valence electrons. The number of rotatable bonds is 5. The lowest BCUT2D eigenvalue weighted by Crippen LogP contribution is -2.35. The van der Waals surface area contributed by atoms with Gasteiger partial charge >= 0.3 is 0 Å². The molecule has 0 radical (unpaired) electrons. The van der Waals surface area contributed by atoms with Gasteiger partial charge in [0.1, 0.15) is 6.04 Å². The van der Waals surface area contributed by atoms with Gasteiger partial charge in [-0.3, -0.25) is 4.79 Å². The Balaban J connectivity index is 1.91. The monoisotopic (exact) mass is 407 g/mol. The number of benzene rings is 2. The molecule has 2 aromatic carbocycles. The standard InChI is InChI=1S/C17H18IN3O/c1-12-10-15(18)8-9-16(12)20-13(2)17(22)21-19-11-14-6-4-3-5-7-14/h3-11,13,20H,1-2H3,(H,21,22)/b19-11+. The van der Waals surface area contributed by atoms with Crippen molar-refractivity contribution in [3.8, 4) is 0 Å². The Hall–Kier alpha value is -1.89. The first kappa shape index (κ1) is 16.5. The highest BCUT2D eigenvalue weighted by molar-refractivity contribution is 14.1. The minimum absolute atomic E-state index is 0.176. The second kappa shape index (κ2) is 7.93. The molecule has 2 N–H and O–H groups in total. The molecule has 0 fully saturated rings. The first-order valence-electron chi connectivity index (χ1n) is 6.97. The van der Waals surface area contributed by atoms with Crippen LogP contribution < -0.4 is 10.7 Å². The molecule has 1 amide bonds. The second-order valence-electron chi connectivity index (χ2n) is 4.97. The Bertz CT molecular complexity index is 671. The zero-order chi connectivity index (χ0) is 15.9. The summed E-state index contributed by atoms with van der Waals surface area (Å²) in [6, 6.07) is 15.3. The van der Waals surface area contributed by atoms with Crippen molar-refractivity contribution in [2.24, 2.45) is 5.10 Å². The van der Waals surface area contributed by atoms with Crippen LogP contribution in [0.4, 0.5) is 5.69 Å². The van der Waals surface area contributed by atoms with Crippen LogP contribution >= 0.6 is 22.6 Å². The average molecular weight is 407 g/mol. The van der Waals surface area contributed by atoms with E-state index < -0.39 is 0 Å². The number of aryl methyl sites for hydroxylation is 1. The number of hydrogen-bond donors (Lipinski definition) is 2. The number of halogens is 1. The van der Waals surface area contributed by atoms with Gasteiger partial charge in [-0.2, -0.15) is 5.10 Å². The van der Waals surface area contributed by atoms with Gasteiger partial charge in [0.15, 0.2) is 0 Å². The van der Waals surface area contributed by atoms with Crippen molar-refractivity contribution in [3.05, 3.63) is 63.2 Å². The summed E-state index contributed by atoms with van der Waals surface area (Å²) in [6.07, 6.45) is 1.63. The summed E-state index contributed by atoms with van der Waals surface area (Å²) in [5, 5.41) is 7.17. The normalized spacial score (nSPS) is 12.1. The van der Waals surface area contributed by atoms with Crippen LogP contribution in [0.1, 0.15) is 18.1 Å². The molecular formula is C17H18IN3O. The lowest BCUT2D eigenvalue weighted by molar-refractivity contribution is -0.121. The van der Waals surface area contributed by atoms with Gasteiger partial charge in [0.25, 0.3) is 5.91 Å². The largest absolute Gasteiger partial charge is 0.374 e. The first-order chi connectivity index (χ1) is 10.6. The molecule has 2 aromatic rings. The summed E-state index contributed by atoms with van der Waals surface area (Å²) in [7, 11) is 0.